The van der Waals surface area contributed by atoms with Gasteiger partial charge in [0, 0.05) is 6.04 Å². The fourth-order valence-electron chi connectivity index (χ4n) is 0.986. The van der Waals surface area contributed by atoms with Crippen molar-refractivity contribution in [1.29, 1.82) is 0 Å². The molecular formula is C9H19N. The SMILES string of the molecule is CC=CNC(CC)CCC. The highest BCUT2D eigenvalue weighted by Crippen LogP contribution is 1.99. The highest BCUT2D eigenvalue weighted by atomic mass is 14.9. The second-order valence-corrected chi connectivity index (χ2v) is 2.56. The van der Waals surface area contributed by atoms with Gasteiger partial charge in [-0.15, -0.1) is 0 Å². The molecule has 0 saturated carbocycles. The van der Waals surface area contributed by atoms with E-state index in [2.05, 4.69) is 19.2 Å². The lowest BCUT2D eigenvalue weighted by molar-refractivity contribution is 0.520. The highest BCUT2D eigenvalue weighted by Gasteiger charge is 1.98. The normalized spacial score (nSPS) is 13.9. The topological polar surface area (TPSA) is 12.0 Å². The van der Waals surface area contributed by atoms with Gasteiger partial charge in [0.25, 0.3) is 0 Å². The summed E-state index contributed by atoms with van der Waals surface area (Å²) in [7, 11) is 0. The van der Waals surface area contributed by atoms with Gasteiger partial charge in [-0.2, -0.15) is 0 Å². The predicted octanol–water partition coefficient (Wildman–Crippen LogP) is 2.69. The summed E-state index contributed by atoms with van der Waals surface area (Å²) in [5.41, 5.74) is 0. The van der Waals surface area contributed by atoms with Crippen LogP contribution in [0.25, 0.3) is 0 Å². The smallest absolute Gasteiger partial charge is 0.0252 e. The van der Waals surface area contributed by atoms with E-state index in [1.807, 2.05) is 19.2 Å². The molecule has 1 unspecified atom stereocenters. The summed E-state index contributed by atoms with van der Waals surface area (Å²) in [6, 6.07) is 0.682. The van der Waals surface area contributed by atoms with E-state index >= 15 is 0 Å². The molecule has 0 aromatic rings. The fourth-order valence-corrected chi connectivity index (χ4v) is 0.986. The monoisotopic (exact) mass is 141 g/mol. The molecule has 60 valence electrons. The molecule has 0 fully saturated rings. The van der Waals surface area contributed by atoms with Gasteiger partial charge in [-0.3, -0.25) is 0 Å². The Bertz CT molecular complexity index is 86.7. The number of allylic oxidation sites excluding steroid dienone is 1. The van der Waals surface area contributed by atoms with E-state index in [1.54, 1.807) is 0 Å². The third-order valence-corrected chi connectivity index (χ3v) is 1.63. The van der Waals surface area contributed by atoms with Gasteiger partial charge < -0.3 is 5.32 Å². The van der Waals surface area contributed by atoms with Crippen LogP contribution in [-0.2, 0) is 0 Å². The Morgan fingerprint density at radius 1 is 1.40 bits per heavy atom. The van der Waals surface area contributed by atoms with Crippen molar-refractivity contribution in [3.05, 3.63) is 12.3 Å². The van der Waals surface area contributed by atoms with Crippen molar-refractivity contribution in [1.82, 2.24) is 5.32 Å². The van der Waals surface area contributed by atoms with Crippen molar-refractivity contribution >= 4 is 0 Å². The van der Waals surface area contributed by atoms with Crippen LogP contribution in [0.2, 0.25) is 0 Å². The summed E-state index contributed by atoms with van der Waals surface area (Å²) < 4.78 is 0. The Kier molecular flexibility index (Phi) is 6.35. The average molecular weight is 141 g/mol. The first kappa shape index (κ1) is 9.54. The zero-order chi connectivity index (χ0) is 7.82. The first-order valence-electron chi connectivity index (χ1n) is 4.22. The van der Waals surface area contributed by atoms with Crippen molar-refractivity contribution < 1.29 is 0 Å². The molecule has 0 aliphatic rings. The Morgan fingerprint density at radius 2 is 2.10 bits per heavy atom. The van der Waals surface area contributed by atoms with E-state index in [9.17, 15) is 0 Å². The van der Waals surface area contributed by atoms with Crippen molar-refractivity contribution in [2.45, 2.75) is 46.1 Å². The lowest BCUT2D eigenvalue weighted by atomic mass is 10.1. The molecule has 0 aliphatic heterocycles. The Balaban J connectivity index is 3.39. The zero-order valence-corrected chi connectivity index (χ0v) is 7.35. The summed E-state index contributed by atoms with van der Waals surface area (Å²) in [6.45, 7) is 6.47. The van der Waals surface area contributed by atoms with Crippen molar-refractivity contribution in [3.8, 4) is 0 Å². The summed E-state index contributed by atoms with van der Waals surface area (Å²) in [6.07, 6.45) is 7.84. The number of nitrogens with one attached hydrogen (secondary N) is 1. The molecule has 0 amide bonds. The Hall–Kier alpha value is -0.460. The van der Waals surface area contributed by atoms with Gasteiger partial charge >= 0.3 is 0 Å². The Labute approximate surface area is 64.5 Å². The summed E-state index contributed by atoms with van der Waals surface area (Å²) in [5, 5.41) is 3.34. The van der Waals surface area contributed by atoms with Crippen LogP contribution in [0, 0.1) is 0 Å². The molecule has 0 aliphatic carbocycles. The van der Waals surface area contributed by atoms with Gasteiger partial charge in [-0.1, -0.05) is 26.3 Å². The van der Waals surface area contributed by atoms with Crippen LogP contribution in [0.5, 0.6) is 0 Å². The molecule has 0 rings (SSSR count). The highest BCUT2D eigenvalue weighted by molar-refractivity contribution is 4.78. The molecule has 1 N–H and O–H groups in total. The fraction of sp³-hybridized carbons (Fsp3) is 0.778. The quantitative estimate of drug-likeness (QED) is 0.620. The van der Waals surface area contributed by atoms with Gasteiger partial charge in [0.2, 0.25) is 0 Å². The van der Waals surface area contributed by atoms with Gasteiger partial charge in [-0.05, 0) is 26.0 Å². The molecule has 1 heteroatoms. The average Bonchev–Trinajstić information content (AvgIpc) is 1.98. The third kappa shape index (κ3) is 4.42. The number of hydrogen-bond donors (Lipinski definition) is 1. The van der Waals surface area contributed by atoms with Gasteiger partial charge in [-0.25, -0.2) is 0 Å². The van der Waals surface area contributed by atoms with Gasteiger partial charge in [0.15, 0.2) is 0 Å². The van der Waals surface area contributed by atoms with E-state index in [0.29, 0.717) is 6.04 Å². The van der Waals surface area contributed by atoms with Gasteiger partial charge in [0.05, 0.1) is 0 Å². The van der Waals surface area contributed by atoms with E-state index in [4.69, 9.17) is 0 Å². The molecule has 0 radical (unpaired) electrons. The molecule has 0 aromatic carbocycles. The van der Waals surface area contributed by atoms with Crippen LogP contribution >= 0.6 is 0 Å². The van der Waals surface area contributed by atoms with Crippen LogP contribution in [0.15, 0.2) is 12.3 Å². The van der Waals surface area contributed by atoms with Crippen LogP contribution in [0.4, 0.5) is 0 Å². The second kappa shape index (κ2) is 6.66. The molecule has 1 atom stereocenters. The first-order chi connectivity index (χ1) is 4.85. The molecule has 0 heterocycles. The van der Waals surface area contributed by atoms with Crippen LogP contribution in [0.3, 0.4) is 0 Å². The standard InChI is InChI=1S/C9H19N/c1-4-7-9(6-3)10-8-5-2/h5,8-10H,4,6-7H2,1-3H3. The number of hydrogen-bond acceptors (Lipinski definition) is 1. The molecule has 0 saturated heterocycles. The lowest BCUT2D eigenvalue weighted by Crippen LogP contribution is -2.22. The summed E-state index contributed by atoms with van der Waals surface area (Å²) in [4.78, 5) is 0. The molecule has 0 aromatic heterocycles. The minimum absolute atomic E-state index is 0.682. The molecular weight excluding hydrogens is 122 g/mol. The maximum absolute atomic E-state index is 3.34. The van der Waals surface area contributed by atoms with E-state index in [1.165, 1.54) is 19.3 Å². The lowest BCUT2D eigenvalue weighted by Gasteiger charge is -2.13. The van der Waals surface area contributed by atoms with Crippen LogP contribution in [0.1, 0.15) is 40.0 Å². The maximum atomic E-state index is 3.34. The van der Waals surface area contributed by atoms with Gasteiger partial charge in [0.1, 0.15) is 0 Å². The van der Waals surface area contributed by atoms with Crippen LogP contribution < -0.4 is 5.32 Å². The van der Waals surface area contributed by atoms with E-state index in [0.717, 1.165) is 0 Å². The van der Waals surface area contributed by atoms with E-state index < -0.39 is 0 Å². The molecule has 0 spiro atoms. The van der Waals surface area contributed by atoms with Crippen molar-refractivity contribution in [2.75, 3.05) is 0 Å². The molecule has 1 nitrogen and oxygen atoms in total. The largest absolute Gasteiger partial charge is 0.388 e. The van der Waals surface area contributed by atoms with Crippen LogP contribution in [-0.4, -0.2) is 6.04 Å². The molecule has 10 heavy (non-hydrogen) atoms. The van der Waals surface area contributed by atoms with Crippen molar-refractivity contribution in [2.24, 2.45) is 0 Å². The Morgan fingerprint density at radius 3 is 2.50 bits per heavy atom. The third-order valence-electron chi connectivity index (χ3n) is 1.63. The summed E-state index contributed by atoms with van der Waals surface area (Å²) >= 11 is 0. The second-order valence-electron chi connectivity index (χ2n) is 2.56. The zero-order valence-electron chi connectivity index (χ0n) is 7.35. The maximum Gasteiger partial charge on any atom is 0.0252 e. The van der Waals surface area contributed by atoms with Crippen molar-refractivity contribution in [3.63, 3.8) is 0 Å². The molecule has 0 bridgehead atoms. The number of rotatable bonds is 5. The minimum atomic E-state index is 0.682. The van der Waals surface area contributed by atoms with E-state index in [-0.39, 0.29) is 0 Å². The predicted molar refractivity (Wildman–Crippen MR) is 46.9 cm³/mol. The minimum Gasteiger partial charge on any atom is -0.388 e. The summed E-state index contributed by atoms with van der Waals surface area (Å²) in [5.74, 6) is 0. The first-order valence-corrected chi connectivity index (χ1v) is 4.22.